The van der Waals surface area contributed by atoms with E-state index < -0.39 is 33.2 Å². The summed E-state index contributed by atoms with van der Waals surface area (Å²) in [5.74, 6) is -0.734. The number of carbonyl (C=O) groups excluding carboxylic acids is 2. The minimum Gasteiger partial charge on any atom is -0.454 e. The highest BCUT2D eigenvalue weighted by molar-refractivity contribution is 7.91. The molecule has 1 aliphatic rings. The lowest BCUT2D eigenvalue weighted by Crippen LogP contribution is -2.25. The van der Waals surface area contributed by atoms with Crippen LogP contribution in [0.1, 0.15) is 22.3 Å². The molecule has 176 valence electrons. The van der Waals surface area contributed by atoms with Crippen molar-refractivity contribution < 1.29 is 31.9 Å². The van der Waals surface area contributed by atoms with Gasteiger partial charge >= 0.3 is 0 Å². The first-order chi connectivity index (χ1) is 16.3. The number of sulfone groups is 1. The SMILES string of the molecule is O=C(CCS(=O)(=O)c1ccc(F)cc1)Nc1ccccc1C(=O)NCc1ccc2c(c1)OCO2. The molecule has 0 unspecified atom stereocenters. The summed E-state index contributed by atoms with van der Waals surface area (Å²) in [5.41, 5.74) is 1.30. The topological polar surface area (TPSA) is 111 Å². The van der Waals surface area contributed by atoms with Crippen LogP contribution in [0, 0.1) is 5.82 Å². The summed E-state index contributed by atoms with van der Waals surface area (Å²) in [5, 5.41) is 5.39. The number of anilines is 1. The van der Waals surface area contributed by atoms with Crippen LogP contribution in [0.15, 0.2) is 71.6 Å². The number of ether oxygens (including phenoxy) is 2. The molecule has 34 heavy (non-hydrogen) atoms. The van der Waals surface area contributed by atoms with E-state index in [1.807, 2.05) is 6.07 Å². The Morgan fingerprint density at radius 2 is 1.68 bits per heavy atom. The predicted octanol–water partition coefficient (Wildman–Crippen LogP) is 3.29. The third-order valence-electron chi connectivity index (χ3n) is 5.11. The van der Waals surface area contributed by atoms with Gasteiger partial charge in [-0.1, -0.05) is 18.2 Å². The Morgan fingerprint density at radius 3 is 2.47 bits per heavy atom. The van der Waals surface area contributed by atoms with E-state index in [2.05, 4.69) is 10.6 Å². The van der Waals surface area contributed by atoms with Gasteiger partial charge in [-0.25, -0.2) is 12.8 Å². The zero-order valence-corrected chi connectivity index (χ0v) is 18.7. The Balaban J connectivity index is 1.36. The maximum Gasteiger partial charge on any atom is 0.253 e. The second-order valence-corrected chi connectivity index (χ2v) is 9.60. The van der Waals surface area contributed by atoms with E-state index in [1.165, 1.54) is 0 Å². The molecule has 0 aliphatic carbocycles. The molecule has 1 heterocycles. The second kappa shape index (κ2) is 9.92. The van der Waals surface area contributed by atoms with Crippen molar-refractivity contribution in [3.05, 3.63) is 83.7 Å². The van der Waals surface area contributed by atoms with Crippen LogP contribution in [0.2, 0.25) is 0 Å². The van der Waals surface area contributed by atoms with Crippen LogP contribution in [0.4, 0.5) is 10.1 Å². The highest BCUT2D eigenvalue weighted by atomic mass is 32.2. The summed E-state index contributed by atoms with van der Waals surface area (Å²) in [7, 11) is -3.76. The zero-order chi connectivity index (χ0) is 24.1. The van der Waals surface area contributed by atoms with E-state index >= 15 is 0 Å². The minimum absolute atomic E-state index is 0.0648. The number of hydrogen-bond donors (Lipinski definition) is 2. The number of nitrogens with one attached hydrogen (secondary N) is 2. The van der Waals surface area contributed by atoms with E-state index in [-0.39, 0.29) is 35.9 Å². The monoisotopic (exact) mass is 484 g/mol. The predicted molar refractivity (Wildman–Crippen MR) is 122 cm³/mol. The first kappa shape index (κ1) is 23.2. The van der Waals surface area contributed by atoms with E-state index in [9.17, 15) is 22.4 Å². The van der Waals surface area contributed by atoms with E-state index in [4.69, 9.17) is 9.47 Å². The normalized spacial score (nSPS) is 12.3. The smallest absolute Gasteiger partial charge is 0.253 e. The molecular formula is C24H21FN2O6S. The number of hydrogen-bond acceptors (Lipinski definition) is 6. The second-order valence-electron chi connectivity index (χ2n) is 7.49. The summed E-state index contributed by atoms with van der Waals surface area (Å²) in [6, 6.07) is 16.2. The molecule has 2 amide bonds. The Bertz CT molecular complexity index is 1330. The van der Waals surface area contributed by atoms with Crippen molar-refractivity contribution in [3.8, 4) is 11.5 Å². The van der Waals surface area contributed by atoms with Gasteiger partial charge in [0.2, 0.25) is 12.7 Å². The first-order valence-corrected chi connectivity index (χ1v) is 12.0. The Kier molecular flexibility index (Phi) is 6.78. The molecule has 0 fully saturated rings. The average molecular weight is 485 g/mol. The number of carbonyl (C=O) groups is 2. The number of amides is 2. The van der Waals surface area contributed by atoms with Gasteiger partial charge in [-0.15, -0.1) is 0 Å². The first-order valence-electron chi connectivity index (χ1n) is 10.4. The Hall–Kier alpha value is -3.92. The van der Waals surface area contributed by atoms with Crippen molar-refractivity contribution in [1.29, 1.82) is 0 Å². The van der Waals surface area contributed by atoms with Crippen molar-refractivity contribution in [2.24, 2.45) is 0 Å². The van der Waals surface area contributed by atoms with Crippen molar-refractivity contribution >= 4 is 27.3 Å². The quantitative estimate of drug-likeness (QED) is 0.475. The number of halogens is 1. The van der Waals surface area contributed by atoms with Gasteiger partial charge in [0.15, 0.2) is 21.3 Å². The van der Waals surface area contributed by atoms with Gasteiger partial charge < -0.3 is 20.1 Å². The lowest BCUT2D eigenvalue weighted by atomic mass is 10.1. The van der Waals surface area contributed by atoms with Crippen LogP contribution >= 0.6 is 0 Å². The van der Waals surface area contributed by atoms with E-state index in [1.54, 1.807) is 36.4 Å². The molecule has 3 aromatic carbocycles. The zero-order valence-electron chi connectivity index (χ0n) is 17.9. The van der Waals surface area contributed by atoms with Gasteiger partial charge in [0.05, 0.1) is 21.9 Å². The highest BCUT2D eigenvalue weighted by Crippen LogP contribution is 2.32. The molecule has 0 saturated heterocycles. The van der Waals surface area contributed by atoms with E-state index in [0.29, 0.717) is 11.5 Å². The van der Waals surface area contributed by atoms with Crippen molar-refractivity contribution in [2.75, 3.05) is 17.9 Å². The molecule has 1 aliphatic heterocycles. The van der Waals surface area contributed by atoms with Crippen molar-refractivity contribution in [1.82, 2.24) is 5.32 Å². The van der Waals surface area contributed by atoms with Gasteiger partial charge in [-0.3, -0.25) is 9.59 Å². The fourth-order valence-electron chi connectivity index (χ4n) is 3.32. The minimum atomic E-state index is -3.76. The molecule has 0 aromatic heterocycles. The van der Waals surface area contributed by atoms with Gasteiger partial charge in [-0.05, 0) is 54.1 Å². The van der Waals surface area contributed by atoms with Crippen LogP contribution in [0.3, 0.4) is 0 Å². The van der Waals surface area contributed by atoms with Crippen LogP contribution in [-0.2, 0) is 21.2 Å². The van der Waals surface area contributed by atoms with E-state index in [0.717, 1.165) is 29.8 Å². The molecular weight excluding hydrogens is 463 g/mol. The molecule has 4 rings (SSSR count). The number of para-hydroxylation sites is 1. The Morgan fingerprint density at radius 1 is 0.941 bits per heavy atom. The molecule has 0 spiro atoms. The van der Waals surface area contributed by atoms with Crippen LogP contribution < -0.4 is 20.1 Å². The fourth-order valence-corrected chi connectivity index (χ4v) is 4.56. The maximum absolute atomic E-state index is 13.0. The molecule has 0 bridgehead atoms. The lowest BCUT2D eigenvalue weighted by molar-refractivity contribution is -0.115. The average Bonchev–Trinajstić information content (AvgIpc) is 3.30. The molecule has 3 aromatic rings. The molecule has 0 radical (unpaired) electrons. The summed E-state index contributed by atoms with van der Waals surface area (Å²) in [6.07, 6.45) is -0.327. The summed E-state index contributed by atoms with van der Waals surface area (Å²) in [6.45, 7) is 0.386. The molecule has 2 N–H and O–H groups in total. The number of rotatable bonds is 8. The van der Waals surface area contributed by atoms with Gasteiger partial charge in [0.25, 0.3) is 5.91 Å². The molecule has 0 saturated carbocycles. The van der Waals surface area contributed by atoms with Crippen LogP contribution in [-0.4, -0.2) is 32.8 Å². The summed E-state index contributed by atoms with van der Waals surface area (Å²) >= 11 is 0. The van der Waals surface area contributed by atoms with Crippen molar-refractivity contribution in [2.45, 2.75) is 17.9 Å². The largest absolute Gasteiger partial charge is 0.454 e. The van der Waals surface area contributed by atoms with Crippen LogP contribution in [0.25, 0.3) is 0 Å². The van der Waals surface area contributed by atoms with Crippen molar-refractivity contribution in [3.63, 3.8) is 0 Å². The van der Waals surface area contributed by atoms with Gasteiger partial charge in [0.1, 0.15) is 5.82 Å². The summed E-state index contributed by atoms with van der Waals surface area (Å²) in [4.78, 5) is 25.1. The fraction of sp³-hybridized carbons (Fsp3) is 0.167. The standard InChI is InChI=1S/C24H21FN2O6S/c25-17-6-8-18(9-7-17)34(30,31)12-11-23(28)27-20-4-2-1-3-19(20)24(29)26-14-16-5-10-21-22(13-16)33-15-32-21/h1-10,13H,11-12,14-15H2,(H,26,29)(H,27,28). The molecule has 10 heteroatoms. The Labute approximate surface area is 195 Å². The maximum atomic E-state index is 13.0. The highest BCUT2D eigenvalue weighted by Gasteiger charge is 2.19. The molecule has 0 atom stereocenters. The third kappa shape index (κ3) is 5.52. The number of benzene rings is 3. The lowest BCUT2D eigenvalue weighted by Gasteiger charge is -2.12. The van der Waals surface area contributed by atoms with Crippen LogP contribution in [0.5, 0.6) is 11.5 Å². The number of fused-ring (bicyclic) bond motifs is 1. The molecule has 8 nitrogen and oxygen atoms in total. The van der Waals surface area contributed by atoms with Gasteiger partial charge in [0, 0.05) is 13.0 Å². The summed E-state index contributed by atoms with van der Waals surface area (Å²) < 4.78 is 48.4. The van der Waals surface area contributed by atoms with Gasteiger partial charge in [-0.2, -0.15) is 0 Å². The third-order valence-corrected chi connectivity index (χ3v) is 6.84.